The van der Waals surface area contributed by atoms with Crippen LogP contribution in [0, 0.1) is 0 Å². The lowest BCUT2D eigenvalue weighted by atomic mass is 10.1. The standard InChI is InChI=1S/C21H19ClF3N3O3/c1-12(2)17-9-15(31-28-17)10-26-20(29)16-7-8-18(30-11-21(23,24)25)19(27-16)13-3-5-14(22)6-4-13/h3-9,12H,10-11H2,1-2H3,(H,26,29). The number of pyridine rings is 1. The number of carbonyl (C=O) groups is 1. The van der Waals surface area contributed by atoms with Gasteiger partial charge in [-0.15, -0.1) is 0 Å². The van der Waals surface area contributed by atoms with Gasteiger partial charge in [-0.3, -0.25) is 4.79 Å². The fourth-order valence-electron chi connectivity index (χ4n) is 2.61. The average molecular weight is 454 g/mol. The van der Waals surface area contributed by atoms with Gasteiger partial charge in [-0.1, -0.05) is 42.7 Å². The molecular weight excluding hydrogens is 435 g/mol. The van der Waals surface area contributed by atoms with Gasteiger partial charge >= 0.3 is 6.18 Å². The number of aromatic nitrogens is 2. The number of rotatable bonds is 7. The molecule has 1 amide bonds. The molecular formula is C21H19ClF3N3O3. The Kier molecular flexibility index (Phi) is 6.84. The van der Waals surface area contributed by atoms with E-state index in [1.54, 1.807) is 30.3 Å². The van der Waals surface area contributed by atoms with Gasteiger partial charge < -0.3 is 14.6 Å². The van der Waals surface area contributed by atoms with Gasteiger partial charge in [-0.05, 0) is 30.2 Å². The lowest BCUT2D eigenvalue weighted by Crippen LogP contribution is -2.24. The van der Waals surface area contributed by atoms with Crippen LogP contribution in [0.1, 0.15) is 41.7 Å². The van der Waals surface area contributed by atoms with Gasteiger partial charge in [0.05, 0.1) is 12.2 Å². The number of nitrogens with zero attached hydrogens (tertiary/aromatic N) is 2. The third-order valence-electron chi connectivity index (χ3n) is 4.19. The van der Waals surface area contributed by atoms with E-state index in [9.17, 15) is 18.0 Å². The van der Waals surface area contributed by atoms with Crippen molar-refractivity contribution in [3.8, 4) is 17.0 Å². The van der Waals surface area contributed by atoms with E-state index in [1.165, 1.54) is 12.1 Å². The predicted octanol–water partition coefficient (Wildman–Crippen LogP) is 5.38. The lowest BCUT2D eigenvalue weighted by molar-refractivity contribution is -0.153. The zero-order valence-electron chi connectivity index (χ0n) is 16.7. The highest BCUT2D eigenvalue weighted by Crippen LogP contribution is 2.31. The number of benzene rings is 1. The van der Waals surface area contributed by atoms with Crippen LogP contribution in [0.4, 0.5) is 13.2 Å². The van der Waals surface area contributed by atoms with Crippen molar-refractivity contribution in [2.24, 2.45) is 0 Å². The fourth-order valence-corrected chi connectivity index (χ4v) is 2.73. The molecule has 2 aromatic heterocycles. The molecule has 0 aliphatic rings. The predicted molar refractivity (Wildman–Crippen MR) is 108 cm³/mol. The summed E-state index contributed by atoms with van der Waals surface area (Å²) in [6.45, 7) is 2.53. The molecule has 164 valence electrons. The summed E-state index contributed by atoms with van der Waals surface area (Å²) in [5.74, 6) is 0.0224. The average Bonchev–Trinajstić information content (AvgIpc) is 3.20. The molecule has 1 aromatic carbocycles. The summed E-state index contributed by atoms with van der Waals surface area (Å²) >= 11 is 5.88. The smallest absolute Gasteiger partial charge is 0.422 e. The molecule has 0 aliphatic heterocycles. The molecule has 0 unspecified atom stereocenters. The minimum absolute atomic E-state index is 0.00732. The van der Waals surface area contributed by atoms with Crippen LogP contribution in [0.15, 0.2) is 47.0 Å². The first kappa shape index (κ1) is 22.6. The first-order valence-electron chi connectivity index (χ1n) is 9.32. The van der Waals surface area contributed by atoms with Crippen LogP contribution in [0.5, 0.6) is 5.75 Å². The van der Waals surface area contributed by atoms with E-state index in [0.29, 0.717) is 16.3 Å². The molecule has 0 fully saturated rings. The van der Waals surface area contributed by atoms with Gasteiger partial charge in [0, 0.05) is 16.7 Å². The SMILES string of the molecule is CC(C)c1cc(CNC(=O)c2ccc(OCC(F)(F)F)c(-c3ccc(Cl)cc3)n2)on1. The first-order valence-corrected chi connectivity index (χ1v) is 9.70. The van der Waals surface area contributed by atoms with E-state index in [2.05, 4.69) is 15.5 Å². The second-order valence-electron chi connectivity index (χ2n) is 7.01. The van der Waals surface area contributed by atoms with Crippen LogP contribution in [0.25, 0.3) is 11.3 Å². The Balaban J connectivity index is 1.81. The molecule has 0 atom stereocenters. The summed E-state index contributed by atoms with van der Waals surface area (Å²) in [4.78, 5) is 16.8. The van der Waals surface area contributed by atoms with E-state index in [0.717, 1.165) is 5.69 Å². The van der Waals surface area contributed by atoms with E-state index < -0.39 is 18.7 Å². The number of alkyl halides is 3. The van der Waals surface area contributed by atoms with Gasteiger partial charge in [0.25, 0.3) is 5.91 Å². The van der Waals surface area contributed by atoms with Crippen LogP contribution in [0.3, 0.4) is 0 Å². The Labute approximate surface area is 181 Å². The van der Waals surface area contributed by atoms with Crippen molar-refractivity contribution in [2.45, 2.75) is 32.5 Å². The van der Waals surface area contributed by atoms with E-state index >= 15 is 0 Å². The van der Waals surface area contributed by atoms with Gasteiger partial charge in [-0.2, -0.15) is 13.2 Å². The van der Waals surface area contributed by atoms with Gasteiger partial charge in [0.15, 0.2) is 12.4 Å². The van der Waals surface area contributed by atoms with Crippen molar-refractivity contribution in [3.05, 3.63) is 64.6 Å². The summed E-state index contributed by atoms with van der Waals surface area (Å²) < 4.78 is 47.9. The Bertz CT molecular complexity index is 1050. The molecule has 0 radical (unpaired) electrons. The molecule has 3 rings (SSSR count). The molecule has 0 bridgehead atoms. The summed E-state index contributed by atoms with van der Waals surface area (Å²) in [6, 6.07) is 10.6. The highest BCUT2D eigenvalue weighted by Gasteiger charge is 2.29. The van der Waals surface area contributed by atoms with Crippen LogP contribution in [-0.2, 0) is 6.54 Å². The third-order valence-corrected chi connectivity index (χ3v) is 4.44. The molecule has 0 aliphatic carbocycles. The molecule has 10 heteroatoms. The number of hydrogen-bond donors (Lipinski definition) is 1. The zero-order valence-corrected chi connectivity index (χ0v) is 17.4. The second kappa shape index (κ2) is 9.38. The molecule has 6 nitrogen and oxygen atoms in total. The number of ether oxygens (including phenoxy) is 1. The maximum atomic E-state index is 12.6. The van der Waals surface area contributed by atoms with Crippen molar-refractivity contribution in [1.82, 2.24) is 15.5 Å². The zero-order chi connectivity index (χ0) is 22.6. The van der Waals surface area contributed by atoms with Crippen molar-refractivity contribution < 1.29 is 27.2 Å². The molecule has 2 heterocycles. The molecule has 0 spiro atoms. The second-order valence-corrected chi connectivity index (χ2v) is 7.45. The maximum absolute atomic E-state index is 12.6. The Hall–Kier alpha value is -3.07. The van der Waals surface area contributed by atoms with E-state index in [1.807, 2.05) is 13.8 Å². The summed E-state index contributed by atoms with van der Waals surface area (Å²) in [6.07, 6.45) is -4.51. The Morgan fingerprint density at radius 3 is 2.52 bits per heavy atom. The lowest BCUT2D eigenvalue weighted by Gasteiger charge is -2.14. The number of nitrogens with one attached hydrogen (secondary N) is 1. The number of carbonyl (C=O) groups excluding carboxylic acids is 1. The quantitative estimate of drug-likeness (QED) is 0.519. The molecule has 31 heavy (non-hydrogen) atoms. The molecule has 3 aromatic rings. The summed E-state index contributed by atoms with van der Waals surface area (Å²) in [5, 5.41) is 7.02. The molecule has 0 saturated heterocycles. The number of halogens is 4. The van der Waals surface area contributed by atoms with Crippen LogP contribution >= 0.6 is 11.6 Å². The van der Waals surface area contributed by atoms with E-state index in [-0.39, 0.29) is 29.6 Å². The van der Waals surface area contributed by atoms with Crippen molar-refractivity contribution in [3.63, 3.8) is 0 Å². The van der Waals surface area contributed by atoms with Gasteiger partial charge in [-0.25, -0.2) is 4.98 Å². The Morgan fingerprint density at radius 1 is 1.19 bits per heavy atom. The number of hydrogen-bond acceptors (Lipinski definition) is 5. The summed E-state index contributed by atoms with van der Waals surface area (Å²) in [5.41, 5.74) is 1.31. The normalized spacial score (nSPS) is 11.6. The molecule has 0 saturated carbocycles. The highest BCUT2D eigenvalue weighted by atomic mass is 35.5. The van der Waals surface area contributed by atoms with Gasteiger partial charge in [0.1, 0.15) is 17.1 Å². The van der Waals surface area contributed by atoms with Crippen LogP contribution < -0.4 is 10.1 Å². The fraction of sp³-hybridized carbons (Fsp3) is 0.286. The minimum atomic E-state index is -4.51. The van der Waals surface area contributed by atoms with Crippen molar-refractivity contribution in [1.29, 1.82) is 0 Å². The topological polar surface area (TPSA) is 77.2 Å². The monoisotopic (exact) mass is 453 g/mol. The van der Waals surface area contributed by atoms with Crippen LogP contribution in [-0.4, -0.2) is 28.8 Å². The van der Waals surface area contributed by atoms with Gasteiger partial charge in [0.2, 0.25) is 0 Å². The summed E-state index contributed by atoms with van der Waals surface area (Å²) in [7, 11) is 0. The maximum Gasteiger partial charge on any atom is 0.422 e. The first-order chi connectivity index (χ1) is 14.6. The van der Waals surface area contributed by atoms with E-state index in [4.69, 9.17) is 20.9 Å². The molecule has 1 N–H and O–H groups in total. The third kappa shape index (κ3) is 6.21. The largest absolute Gasteiger partial charge is 0.482 e. The minimum Gasteiger partial charge on any atom is -0.482 e. The van der Waals surface area contributed by atoms with Crippen molar-refractivity contribution >= 4 is 17.5 Å². The Morgan fingerprint density at radius 2 is 1.90 bits per heavy atom. The highest BCUT2D eigenvalue weighted by molar-refractivity contribution is 6.30. The van der Waals surface area contributed by atoms with Crippen molar-refractivity contribution in [2.75, 3.05) is 6.61 Å². The van der Waals surface area contributed by atoms with Crippen LogP contribution in [0.2, 0.25) is 5.02 Å². The number of amides is 1.